The van der Waals surface area contributed by atoms with Gasteiger partial charge < -0.3 is 10.1 Å². The van der Waals surface area contributed by atoms with Gasteiger partial charge in [-0.25, -0.2) is 0 Å². The number of aryl methyl sites for hydroxylation is 3. The van der Waals surface area contributed by atoms with E-state index >= 15 is 0 Å². The smallest absolute Gasteiger partial charge is 0.230 e. The summed E-state index contributed by atoms with van der Waals surface area (Å²) in [6, 6.07) is 14.3. The van der Waals surface area contributed by atoms with Gasteiger partial charge in [0.1, 0.15) is 12.4 Å². The molecule has 4 heteroatoms. The fraction of sp³-hybridized carbons (Fsp3) is 0.316. The Morgan fingerprint density at radius 1 is 1.00 bits per heavy atom. The predicted molar refractivity (Wildman–Crippen MR) is 96.3 cm³/mol. The predicted octanol–water partition coefficient (Wildman–Crippen LogP) is 3.90. The fourth-order valence-corrected chi connectivity index (χ4v) is 2.94. The van der Waals surface area contributed by atoms with Crippen LogP contribution in [0.25, 0.3) is 0 Å². The lowest BCUT2D eigenvalue weighted by molar-refractivity contribution is -0.118. The van der Waals surface area contributed by atoms with Crippen molar-refractivity contribution >= 4 is 17.7 Å². The SMILES string of the molecule is Cc1ccc(SCC(=O)NCCOc2cc(C)cc(C)c2)cc1. The van der Waals surface area contributed by atoms with Gasteiger partial charge in [0.15, 0.2) is 0 Å². The summed E-state index contributed by atoms with van der Waals surface area (Å²) in [5.74, 6) is 1.30. The molecule has 0 heterocycles. The summed E-state index contributed by atoms with van der Waals surface area (Å²) in [6.45, 7) is 7.13. The van der Waals surface area contributed by atoms with Crippen molar-refractivity contribution in [2.45, 2.75) is 25.7 Å². The Balaban J connectivity index is 1.65. The number of nitrogens with one attached hydrogen (secondary N) is 1. The summed E-state index contributed by atoms with van der Waals surface area (Å²) >= 11 is 1.54. The number of rotatable bonds is 7. The van der Waals surface area contributed by atoms with Crippen molar-refractivity contribution in [3.63, 3.8) is 0 Å². The van der Waals surface area contributed by atoms with Crippen molar-refractivity contribution < 1.29 is 9.53 Å². The molecule has 0 bridgehead atoms. The van der Waals surface area contributed by atoms with Crippen LogP contribution in [-0.4, -0.2) is 24.8 Å². The van der Waals surface area contributed by atoms with E-state index in [0.717, 1.165) is 10.6 Å². The van der Waals surface area contributed by atoms with Gasteiger partial charge in [-0.2, -0.15) is 0 Å². The maximum absolute atomic E-state index is 11.8. The van der Waals surface area contributed by atoms with Gasteiger partial charge in [-0.1, -0.05) is 23.8 Å². The monoisotopic (exact) mass is 329 g/mol. The number of hydrogen-bond acceptors (Lipinski definition) is 3. The molecule has 0 radical (unpaired) electrons. The largest absolute Gasteiger partial charge is 0.492 e. The van der Waals surface area contributed by atoms with Crippen LogP contribution >= 0.6 is 11.8 Å². The lowest BCUT2D eigenvalue weighted by atomic mass is 10.1. The third-order valence-electron chi connectivity index (χ3n) is 3.28. The van der Waals surface area contributed by atoms with E-state index in [1.165, 1.54) is 16.7 Å². The molecular weight excluding hydrogens is 306 g/mol. The molecule has 0 aromatic heterocycles. The Hall–Kier alpha value is -1.94. The maximum Gasteiger partial charge on any atom is 0.230 e. The number of ether oxygens (including phenoxy) is 1. The molecule has 0 unspecified atom stereocenters. The van der Waals surface area contributed by atoms with E-state index in [-0.39, 0.29) is 5.91 Å². The molecule has 1 amide bonds. The standard InChI is InChI=1S/C19H23NO2S/c1-14-4-6-18(7-5-14)23-13-19(21)20-8-9-22-17-11-15(2)10-16(3)12-17/h4-7,10-12H,8-9,13H2,1-3H3,(H,20,21). The molecule has 2 aromatic rings. The highest BCUT2D eigenvalue weighted by Gasteiger charge is 2.03. The third-order valence-corrected chi connectivity index (χ3v) is 4.29. The van der Waals surface area contributed by atoms with E-state index in [2.05, 4.69) is 30.4 Å². The molecule has 1 N–H and O–H groups in total. The number of carbonyl (C=O) groups is 1. The molecule has 23 heavy (non-hydrogen) atoms. The second-order valence-corrected chi connectivity index (χ2v) is 6.67. The Kier molecular flexibility index (Phi) is 6.53. The summed E-state index contributed by atoms with van der Waals surface area (Å²) in [7, 11) is 0. The zero-order chi connectivity index (χ0) is 16.7. The molecule has 0 fully saturated rings. The van der Waals surface area contributed by atoms with Crippen LogP contribution in [0.1, 0.15) is 16.7 Å². The van der Waals surface area contributed by atoms with E-state index in [1.54, 1.807) is 11.8 Å². The first-order chi connectivity index (χ1) is 11.0. The molecule has 0 aliphatic heterocycles. The highest BCUT2D eigenvalue weighted by atomic mass is 32.2. The van der Waals surface area contributed by atoms with Crippen molar-refractivity contribution in [2.75, 3.05) is 18.9 Å². The third kappa shape index (κ3) is 6.37. The molecule has 3 nitrogen and oxygen atoms in total. The Morgan fingerprint density at radius 2 is 1.65 bits per heavy atom. The maximum atomic E-state index is 11.8. The van der Waals surface area contributed by atoms with E-state index in [1.807, 2.05) is 38.1 Å². The fourth-order valence-electron chi connectivity index (χ4n) is 2.21. The topological polar surface area (TPSA) is 38.3 Å². The number of hydrogen-bond donors (Lipinski definition) is 1. The van der Waals surface area contributed by atoms with E-state index in [0.29, 0.717) is 18.9 Å². The van der Waals surface area contributed by atoms with E-state index in [9.17, 15) is 4.79 Å². The molecule has 0 saturated heterocycles. The Labute approximate surface area is 142 Å². The van der Waals surface area contributed by atoms with Crippen LogP contribution in [0.15, 0.2) is 47.4 Å². The molecule has 0 saturated carbocycles. The minimum Gasteiger partial charge on any atom is -0.492 e. The normalized spacial score (nSPS) is 10.4. The Morgan fingerprint density at radius 3 is 2.30 bits per heavy atom. The lowest BCUT2D eigenvalue weighted by Crippen LogP contribution is -2.29. The van der Waals surface area contributed by atoms with Gasteiger partial charge in [0, 0.05) is 4.90 Å². The van der Waals surface area contributed by atoms with Crippen molar-refractivity contribution in [3.8, 4) is 5.75 Å². The van der Waals surface area contributed by atoms with Crippen LogP contribution in [0.3, 0.4) is 0 Å². The zero-order valence-electron chi connectivity index (χ0n) is 13.9. The molecular formula is C19H23NO2S. The van der Waals surface area contributed by atoms with Crippen molar-refractivity contribution in [3.05, 3.63) is 59.2 Å². The molecule has 2 aromatic carbocycles. The molecule has 0 atom stereocenters. The minimum absolute atomic E-state index is 0.0274. The summed E-state index contributed by atoms with van der Waals surface area (Å²) in [5.41, 5.74) is 3.58. The van der Waals surface area contributed by atoms with Crippen LogP contribution in [0, 0.1) is 20.8 Å². The number of carbonyl (C=O) groups excluding carboxylic acids is 1. The lowest BCUT2D eigenvalue weighted by Gasteiger charge is -2.09. The van der Waals surface area contributed by atoms with Crippen molar-refractivity contribution in [1.82, 2.24) is 5.32 Å². The van der Waals surface area contributed by atoms with Gasteiger partial charge in [-0.15, -0.1) is 11.8 Å². The van der Waals surface area contributed by atoms with E-state index < -0.39 is 0 Å². The van der Waals surface area contributed by atoms with Gasteiger partial charge in [0.2, 0.25) is 5.91 Å². The molecule has 122 valence electrons. The zero-order valence-corrected chi connectivity index (χ0v) is 14.7. The van der Waals surface area contributed by atoms with Gasteiger partial charge >= 0.3 is 0 Å². The first-order valence-corrected chi connectivity index (χ1v) is 8.69. The summed E-state index contributed by atoms with van der Waals surface area (Å²) in [6.07, 6.45) is 0. The van der Waals surface area contributed by atoms with Crippen LogP contribution in [-0.2, 0) is 4.79 Å². The van der Waals surface area contributed by atoms with Gasteiger partial charge in [0.05, 0.1) is 12.3 Å². The van der Waals surface area contributed by atoms with Crippen LogP contribution < -0.4 is 10.1 Å². The van der Waals surface area contributed by atoms with Gasteiger partial charge in [0.25, 0.3) is 0 Å². The summed E-state index contributed by atoms with van der Waals surface area (Å²) in [4.78, 5) is 12.9. The second-order valence-electron chi connectivity index (χ2n) is 5.62. The van der Waals surface area contributed by atoms with E-state index in [4.69, 9.17) is 4.74 Å². The summed E-state index contributed by atoms with van der Waals surface area (Å²) < 4.78 is 5.67. The Bertz CT molecular complexity index is 633. The average Bonchev–Trinajstić information content (AvgIpc) is 2.50. The summed E-state index contributed by atoms with van der Waals surface area (Å²) in [5, 5.41) is 2.88. The quantitative estimate of drug-likeness (QED) is 0.618. The molecule has 0 spiro atoms. The number of thioether (sulfide) groups is 1. The number of benzene rings is 2. The number of amides is 1. The highest BCUT2D eigenvalue weighted by Crippen LogP contribution is 2.18. The van der Waals surface area contributed by atoms with Crippen molar-refractivity contribution in [1.29, 1.82) is 0 Å². The van der Waals surface area contributed by atoms with Gasteiger partial charge in [-0.05, 0) is 56.2 Å². The van der Waals surface area contributed by atoms with Crippen LogP contribution in [0.5, 0.6) is 5.75 Å². The van der Waals surface area contributed by atoms with Crippen LogP contribution in [0.4, 0.5) is 0 Å². The molecule has 0 aliphatic rings. The minimum atomic E-state index is 0.0274. The van der Waals surface area contributed by atoms with Crippen LogP contribution in [0.2, 0.25) is 0 Å². The second kappa shape index (κ2) is 8.63. The average molecular weight is 329 g/mol. The molecule has 0 aliphatic carbocycles. The molecule has 2 rings (SSSR count). The van der Waals surface area contributed by atoms with Gasteiger partial charge in [-0.3, -0.25) is 4.79 Å². The van der Waals surface area contributed by atoms with Crippen molar-refractivity contribution in [2.24, 2.45) is 0 Å². The highest BCUT2D eigenvalue weighted by molar-refractivity contribution is 8.00. The first-order valence-electron chi connectivity index (χ1n) is 7.70. The first kappa shape index (κ1) is 17.4.